The van der Waals surface area contributed by atoms with Crippen LogP contribution < -0.4 is 5.56 Å². The van der Waals surface area contributed by atoms with Crippen molar-refractivity contribution in [3.05, 3.63) is 94.0 Å². The van der Waals surface area contributed by atoms with Gasteiger partial charge in [-0.2, -0.15) is 24.1 Å². The van der Waals surface area contributed by atoms with E-state index in [1.807, 2.05) is 6.07 Å². The molecule has 5 nitrogen and oxygen atoms in total. The molecule has 4 rings (SSSR count). The smallest absolute Gasteiger partial charge is 0.267 e. The number of pyridine rings is 1. The Morgan fingerprint density at radius 2 is 1.75 bits per heavy atom. The van der Waals surface area contributed by atoms with E-state index in [1.54, 1.807) is 18.2 Å². The van der Waals surface area contributed by atoms with Crippen LogP contribution in [0.15, 0.2) is 65.5 Å². The van der Waals surface area contributed by atoms with Crippen LogP contribution in [0, 0.1) is 23.2 Å². The summed E-state index contributed by atoms with van der Waals surface area (Å²) in [7, 11) is 0. The van der Waals surface area contributed by atoms with Crippen LogP contribution in [0.1, 0.15) is 13.9 Å². The molecular weight excluding hydrogens is 362 g/mol. The molecule has 0 bridgehead atoms. The predicted molar refractivity (Wildman–Crippen MR) is 99.4 cm³/mol. The van der Waals surface area contributed by atoms with Crippen molar-refractivity contribution in [1.82, 2.24) is 14.8 Å². The average molecular weight is 376 g/mol. The van der Waals surface area contributed by atoms with Crippen LogP contribution in [0.4, 0.5) is 8.78 Å². The second-order valence-corrected chi connectivity index (χ2v) is 5.88. The minimum atomic E-state index is -2.41. The van der Waals surface area contributed by atoms with E-state index in [0.717, 1.165) is 12.1 Å². The molecule has 2 aromatic carbocycles. The summed E-state index contributed by atoms with van der Waals surface area (Å²) in [5, 5.41) is 13.4. The monoisotopic (exact) mass is 376 g/mol. The van der Waals surface area contributed by atoms with Crippen molar-refractivity contribution in [3.63, 3.8) is 0 Å². The molecule has 2 aromatic heterocycles. The van der Waals surface area contributed by atoms with E-state index in [4.69, 9.17) is 8.00 Å². The van der Waals surface area contributed by atoms with Crippen molar-refractivity contribution in [1.29, 1.82) is 5.26 Å². The predicted octanol–water partition coefficient (Wildman–Crippen LogP) is 3.66. The topological polar surface area (TPSA) is 71.6 Å². The van der Waals surface area contributed by atoms with Crippen LogP contribution in [0.5, 0.6) is 0 Å². The fourth-order valence-corrected chi connectivity index (χ4v) is 2.79. The van der Waals surface area contributed by atoms with E-state index in [-0.39, 0.29) is 27.6 Å². The van der Waals surface area contributed by atoms with E-state index in [9.17, 15) is 13.6 Å². The van der Waals surface area contributed by atoms with Gasteiger partial charge in [-0.15, -0.1) is 0 Å². The Bertz CT molecular complexity index is 1380. The number of hydrogen-bond acceptors (Lipinski definition) is 4. The van der Waals surface area contributed by atoms with Gasteiger partial charge in [-0.05, 0) is 35.9 Å². The molecule has 0 radical (unpaired) electrons. The summed E-state index contributed by atoms with van der Waals surface area (Å²) in [5.74, 6) is -2.14. The molecule has 0 saturated heterocycles. The minimum Gasteiger partial charge on any atom is -0.267 e. The zero-order valence-electron chi connectivity index (χ0n) is 16.2. The van der Waals surface area contributed by atoms with E-state index >= 15 is 0 Å². The largest absolute Gasteiger partial charge is 0.274 e. The van der Waals surface area contributed by atoms with E-state index in [2.05, 4.69) is 10.1 Å². The summed E-state index contributed by atoms with van der Waals surface area (Å²) in [6.45, 7) is -2.41. The first-order valence-corrected chi connectivity index (χ1v) is 8.18. The summed E-state index contributed by atoms with van der Waals surface area (Å²) < 4.78 is 45.3. The number of nitrogens with zero attached hydrogens (tertiary/aromatic N) is 4. The molecule has 28 heavy (non-hydrogen) atoms. The number of halogens is 2. The van der Waals surface area contributed by atoms with Gasteiger partial charge in [-0.25, -0.2) is 4.68 Å². The molecule has 0 amide bonds. The van der Waals surface area contributed by atoms with Gasteiger partial charge in [0, 0.05) is 5.39 Å². The van der Waals surface area contributed by atoms with Gasteiger partial charge in [0.05, 0.1) is 31.8 Å². The van der Waals surface area contributed by atoms with Crippen LogP contribution >= 0.6 is 0 Å². The van der Waals surface area contributed by atoms with Crippen molar-refractivity contribution in [2.45, 2.75) is 6.50 Å². The summed E-state index contributed by atoms with van der Waals surface area (Å²) >= 11 is 0. The molecule has 0 aliphatic carbocycles. The van der Waals surface area contributed by atoms with Gasteiger partial charge in [-0.1, -0.05) is 30.3 Å². The maximum absolute atomic E-state index is 14.4. The lowest BCUT2D eigenvalue weighted by Crippen LogP contribution is -2.24. The molecule has 0 atom stereocenters. The first-order chi connectivity index (χ1) is 14.3. The Hall–Kier alpha value is -3.92. The molecule has 0 spiro atoms. The highest BCUT2D eigenvalue weighted by Crippen LogP contribution is 2.26. The maximum Gasteiger partial charge on any atom is 0.274 e. The quantitative estimate of drug-likeness (QED) is 0.512. The lowest BCUT2D eigenvalue weighted by atomic mass is 10.1. The van der Waals surface area contributed by atoms with Crippen molar-refractivity contribution in [2.75, 3.05) is 0 Å². The SMILES string of the molecule is [2H]C([2H])(c1ccc(C#N)cc1)n1nc(-c2ccc(F)nc2F)c2ccccc2c1=O. The fraction of sp³-hybridized carbons (Fsp3) is 0.0476. The van der Waals surface area contributed by atoms with Crippen LogP contribution in [0.2, 0.25) is 0 Å². The highest BCUT2D eigenvalue weighted by molar-refractivity contribution is 5.93. The standard InChI is InChI=1S/C21H12F2N4O/c22-18-10-9-17(20(23)25-18)19-15-3-1-2-4-16(15)21(28)27(26-19)12-14-7-5-13(11-24)6-8-14/h1-10H,12H2/i12D2. The number of nitriles is 1. The molecule has 0 aliphatic rings. The second kappa shape index (κ2) is 7.00. The van der Waals surface area contributed by atoms with Crippen molar-refractivity contribution in [2.24, 2.45) is 0 Å². The number of benzene rings is 2. The highest BCUT2D eigenvalue weighted by atomic mass is 19.1. The molecule has 0 N–H and O–H groups in total. The molecular formula is C21H12F2N4O. The number of aromatic nitrogens is 3. The van der Waals surface area contributed by atoms with Gasteiger partial charge in [0.1, 0.15) is 5.69 Å². The van der Waals surface area contributed by atoms with E-state index < -0.39 is 24.0 Å². The van der Waals surface area contributed by atoms with Gasteiger partial charge < -0.3 is 0 Å². The zero-order valence-corrected chi connectivity index (χ0v) is 14.2. The van der Waals surface area contributed by atoms with Crippen LogP contribution in [-0.2, 0) is 6.50 Å². The van der Waals surface area contributed by atoms with Gasteiger partial charge in [0.25, 0.3) is 5.56 Å². The molecule has 136 valence electrons. The lowest BCUT2D eigenvalue weighted by molar-refractivity contribution is 0.514. The van der Waals surface area contributed by atoms with E-state index in [1.165, 1.54) is 30.3 Å². The van der Waals surface area contributed by atoms with E-state index in [0.29, 0.717) is 10.2 Å². The summed E-state index contributed by atoms with van der Waals surface area (Å²) in [6, 6.07) is 15.9. The van der Waals surface area contributed by atoms with Crippen molar-refractivity contribution < 1.29 is 11.5 Å². The third-order valence-electron chi connectivity index (χ3n) is 4.12. The Morgan fingerprint density at radius 3 is 2.43 bits per heavy atom. The summed E-state index contributed by atoms with van der Waals surface area (Å²) in [5.41, 5.74) is -0.535. The van der Waals surface area contributed by atoms with Crippen molar-refractivity contribution >= 4 is 10.8 Å². The first kappa shape index (κ1) is 15.2. The van der Waals surface area contributed by atoms with Gasteiger partial charge in [0.2, 0.25) is 11.9 Å². The number of fused-ring (bicyclic) bond motifs is 1. The van der Waals surface area contributed by atoms with Gasteiger partial charge in [0.15, 0.2) is 0 Å². The minimum absolute atomic E-state index is 0.0484. The molecule has 0 aliphatic heterocycles. The Labute approximate surface area is 160 Å². The summed E-state index contributed by atoms with van der Waals surface area (Å²) in [6.07, 6.45) is 0. The number of hydrogen-bond donors (Lipinski definition) is 0. The molecule has 0 fully saturated rings. The molecule has 0 unspecified atom stereocenters. The highest BCUT2D eigenvalue weighted by Gasteiger charge is 2.16. The van der Waals surface area contributed by atoms with Gasteiger partial charge in [-0.3, -0.25) is 4.79 Å². The Morgan fingerprint density at radius 1 is 1.04 bits per heavy atom. The molecule has 4 aromatic rings. The van der Waals surface area contributed by atoms with Crippen LogP contribution in [0.3, 0.4) is 0 Å². The maximum atomic E-state index is 14.4. The number of rotatable bonds is 3. The van der Waals surface area contributed by atoms with Gasteiger partial charge >= 0.3 is 0 Å². The lowest BCUT2D eigenvalue weighted by Gasteiger charge is -2.12. The first-order valence-electron chi connectivity index (χ1n) is 9.18. The zero-order chi connectivity index (χ0) is 21.5. The molecule has 7 heteroatoms. The summed E-state index contributed by atoms with van der Waals surface area (Å²) in [4.78, 5) is 16.2. The fourth-order valence-electron chi connectivity index (χ4n) is 2.79. The van der Waals surface area contributed by atoms with Crippen molar-refractivity contribution in [3.8, 4) is 17.3 Å². The normalized spacial score (nSPS) is 12.3. The Balaban J connectivity index is 2.02. The molecule has 2 heterocycles. The van der Waals surface area contributed by atoms with Crippen LogP contribution in [0.25, 0.3) is 22.0 Å². The average Bonchev–Trinajstić information content (AvgIpc) is 2.74. The third kappa shape index (κ3) is 3.12. The van der Waals surface area contributed by atoms with Crippen LogP contribution in [-0.4, -0.2) is 14.8 Å². The Kier molecular flexibility index (Phi) is 3.79. The second-order valence-electron chi connectivity index (χ2n) is 5.88. The third-order valence-corrected chi connectivity index (χ3v) is 4.12. The molecule has 0 saturated carbocycles.